The van der Waals surface area contributed by atoms with E-state index in [1.807, 2.05) is 35.2 Å². The molecule has 2 heterocycles. The van der Waals surface area contributed by atoms with Crippen molar-refractivity contribution in [2.75, 3.05) is 49.1 Å². The monoisotopic (exact) mass is 597 g/mol. The minimum absolute atomic E-state index is 0.0152. The normalized spacial score (nSPS) is 14.1. The largest absolute Gasteiger partial charge is 0.456 e. The fourth-order valence-corrected chi connectivity index (χ4v) is 6.87. The van der Waals surface area contributed by atoms with E-state index in [2.05, 4.69) is 86.0 Å². The molecule has 0 aliphatic carbocycles. The molecular weight excluding hydrogens is 558 g/mol. The molecule has 0 saturated heterocycles. The molecule has 7 heteroatoms. The zero-order valence-corrected chi connectivity index (χ0v) is 26.5. The molecule has 4 aromatic rings. The van der Waals surface area contributed by atoms with Crippen molar-refractivity contribution >= 4 is 23.5 Å². The quantitative estimate of drug-likeness (QED) is 0.181. The molecule has 0 N–H and O–H groups in total. The molecule has 0 fully saturated rings. The lowest BCUT2D eigenvalue weighted by molar-refractivity contribution is 0.0673. The van der Waals surface area contributed by atoms with Gasteiger partial charge in [0.1, 0.15) is 17.0 Å². The Morgan fingerprint density at radius 2 is 1.38 bits per heavy atom. The summed E-state index contributed by atoms with van der Waals surface area (Å²) in [7, 11) is 0. The number of amides is 1. The summed E-state index contributed by atoms with van der Waals surface area (Å²) in [5.41, 5.74) is 6.41. The molecule has 0 atom stereocenters. The van der Waals surface area contributed by atoms with Crippen molar-refractivity contribution in [3.63, 3.8) is 0 Å². The molecule has 0 aromatic heterocycles. The highest BCUT2D eigenvalue weighted by atomic mass is 16.5. The SMILES string of the molecule is CCN(CC)c1ccc2c(c1)Oc1cc(N(CC)CC)ccc1C21c2ccccc2C(=O)N1CCN=Cc1ccc(C#N)cc1. The van der Waals surface area contributed by atoms with Crippen LogP contribution < -0.4 is 14.5 Å². The number of carbonyl (C=O) groups is 1. The van der Waals surface area contributed by atoms with Crippen LogP contribution in [0.3, 0.4) is 0 Å². The van der Waals surface area contributed by atoms with Crippen LogP contribution in [0.1, 0.15) is 65.9 Å². The Bertz CT molecular complexity index is 1720. The van der Waals surface area contributed by atoms with Gasteiger partial charge in [0.2, 0.25) is 0 Å². The average Bonchev–Trinajstić information content (AvgIpc) is 3.32. The lowest BCUT2D eigenvalue weighted by atomic mass is 9.74. The second-order valence-corrected chi connectivity index (χ2v) is 11.3. The summed E-state index contributed by atoms with van der Waals surface area (Å²) in [6.07, 6.45) is 1.81. The highest BCUT2D eigenvalue weighted by Gasteiger charge is 2.56. The van der Waals surface area contributed by atoms with Gasteiger partial charge >= 0.3 is 0 Å². The molecule has 45 heavy (non-hydrogen) atoms. The summed E-state index contributed by atoms with van der Waals surface area (Å²) in [4.78, 5) is 25.7. The van der Waals surface area contributed by atoms with Gasteiger partial charge < -0.3 is 19.4 Å². The van der Waals surface area contributed by atoms with Crippen LogP contribution in [-0.4, -0.2) is 56.3 Å². The van der Waals surface area contributed by atoms with Crippen LogP contribution in [0.2, 0.25) is 0 Å². The number of fused-ring (bicyclic) bond motifs is 6. The van der Waals surface area contributed by atoms with Gasteiger partial charge in [0.25, 0.3) is 5.91 Å². The Hall–Kier alpha value is -5.09. The number of nitrogens with zero attached hydrogens (tertiary/aromatic N) is 5. The van der Waals surface area contributed by atoms with Crippen LogP contribution in [0, 0.1) is 11.3 Å². The number of carbonyl (C=O) groups excluding carboxylic acids is 1. The predicted octanol–water partition coefficient (Wildman–Crippen LogP) is 7.22. The van der Waals surface area contributed by atoms with Crippen molar-refractivity contribution in [1.29, 1.82) is 5.26 Å². The number of nitriles is 1. The maximum atomic E-state index is 14.3. The van der Waals surface area contributed by atoms with Crippen LogP contribution in [-0.2, 0) is 5.54 Å². The number of ether oxygens (including phenoxy) is 1. The van der Waals surface area contributed by atoms with E-state index in [0.717, 1.165) is 71.3 Å². The number of hydrogen-bond donors (Lipinski definition) is 0. The maximum absolute atomic E-state index is 14.3. The van der Waals surface area contributed by atoms with Crippen molar-refractivity contribution in [1.82, 2.24) is 4.90 Å². The first-order valence-electron chi connectivity index (χ1n) is 15.9. The summed E-state index contributed by atoms with van der Waals surface area (Å²) in [5.74, 6) is 1.51. The first kappa shape index (κ1) is 30.0. The van der Waals surface area contributed by atoms with E-state index in [9.17, 15) is 4.79 Å². The third-order valence-electron chi connectivity index (χ3n) is 9.12. The molecule has 0 saturated carbocycles. The van der Waals surface area contributed by atoms with E-state index in [1.54, 1.807) is 18.3 Å². The fraction of sp³-hybridized carbons (Fsp3) is 0.289. The third-order valence-corrected chi connectivity index (χ3v) is 9.12. The molecule has 0 bridgehead atoms. The van der Waals surface area contributed by atoms with Gasteiger partial charge in [0.15, 0.2) is 0 Å². The molecule has 0 radical (unpaired) electrons. The molecule has 4 aromatic carbocycles. The van der Waals surface area contributed by atoms with Crippen molar-refractivity contribution in [3.05, 3.63) is 118 Å². The summed E-state index contributed by atoms with van der Waals surface area (Å²) in [5, 5.41) is 9.12. The molecule has 1 amide bonds. The van der Waals surface area contributed by atoms with E-state index in [-0.39, 0.29) is 5.91 Å². The van der Waals surface area contributed by atoms with Gasteiger partial charge in [-0.05, 0) is 69.2 Å². The van der Waals surface area contributed by atoms with Crippen molar-refractivity contribution in [2.45, 2.75) is 33.2 Å². The number of anilines is 2. The van der Waals surface area contributed by atoms with E-state index in [4.69, 9.17) is 15.0 Å². The molecule has 7 nitrogen and oxygen atoms in total. The number of aliphatic imine (C=N–C) groups is 1. The Labute approximate surface area is 266 Å². The Morgan fingerprint density at radius 1 is 0.800 bits per heavy atom. The standard InChI is InChI=1S/C38H39N5O2/c1-5-41(6-2)29-17-19-33-35(23-29)45-36-24-30(42(7-3)8-4)18-20-34(36)38(33)32-12-10-9-11-31(32)37(44)43(38)22-21-40-26-28-15-13-27(25-39)14-16-28/h9-20,23-24,26H,5-8,21-22H2,1-4H3. The Kier molecular flexibility index (Phi) is 8.32. The van der Waals surface area contributed by atoms with Gasteiger partial charge in [-0.3, -0.25) is 9.79 Å². The van der Waals surface area contributed by atoms with Crippen LogP contribution >= 0.6 is 0 Å². The maximum Gasteiger partial charge on any atom is 0.255 e. The van der Waals surface area contributed by atoms with E-state index >= 15 is 0 Å². The fourth-order valence-electron chi connectivity index (χ4n) is 6.87. The highest BCUT2D eigenvalue weighted by molar-refractivity contribution is 6.02. The van der Waals surface area contributed by atoms with Crippen molar-refractivity contribution in [3.8, 4) is 17.6 Å². The van der Waals surface area contributed by atoms with Gasteiger partial charge in [0, 0.05) is 79.1 Å². The molecule has 228 valence electrons. The van der Waals surface area contributed by atoms with E-state index < -0.39 is 5.54 Å². The molecule has 2 aliphatic heterocycles. The smallest absolute Gasteiger partial charge is 0.255 e. The summed E-state index contributed by atoms with van der Waals surface area (Å²) in [6, 6.07) is 30.3. The second-order valence-electron chi connectivity index (χ2n) is 11.3. The zero-order chi connectivity index (χ0) is 31.6. The van der Waals surface area contributed by atoms with Gasteiger partial charge in [-0.25, -0.2) is 0 Å². The third kappa shape index (κ3) is 5.01. The zero-order valence-electron chi connectivity index (χ0n) is 26.5. The van der Waals surface area contributed by atoms with Crippen molar-refractivity contribution in [2.24, 2.45) is 4.99 Å². The molecular formula is C38H39N5O2. The van der Waals surface area contributed by atoms with Crippen LogP contribution in [0.15, 0.2) is 89.9 Å². The minimum Gasteiger partial charge on any atom is -0.456 e. The lowest BCUT2D eigenvalue weighted by Gasteiger charge is -2.44. The second kappa shape index (κ2) is 12.5. The summed E-state index contributed by atoms with van der Waals surface area (Å²) >= 11 is 0. The summed E-state index contributed by atoms with van der Waals surface area (Å²) < 4.78 is 6.78. The first-order valence-corrected chi connectivity index (χ1v) is 15.9. The average molecular weight is 598 g/mol. The van der Waals surface area contributed by atoms with Gasteiger partial charge in [-0.2, -0.15) is 5.26 Å². The number of benzene rings is 4. The van der Waals surface area contributed by atoms with Crippen LogP contribution in [0.4, 0.5) is 11.4 Å². The highest BCUT2D eigenvalue weighted by Crippen LogP contribution is 2.58. The molecule has 1 spiro atoms. The Morgan fingerprint density at radius 3 is 1.93 bits per heavy atom. The van der Waals surface area contributed by atoms with E-state index in [0.29, 0.717) is 24.2 Å². The molecule has 6 rings (SSSR count). The van der Waals surface area contributed by atoms with Crippen LogP contribution in [0.5, 0.6) is 11.5 Å². The van der Waals surface area contributed by atoms with Crippen molar-refractivity contribution < 1.29 is 9.53 Å². The molecule has 2 aliphatic rings. The lowest BCUT2D eigenvalue weighted by Crippen LogP contribution is -2.48. The first-order chi connectivity index (χ1) is 22.0. The van der Waals surface area contributed by atoms with Crippen LogP contribution in [0.25, 0.3) is 0 Å². The van der Waals surface area contributed by atoms with E-state index in [1.165, 1.54) is 0 Å². The van der Waals surface area contributed by atoms with Gasteiger partial charge in [-0.1, -0.05) is 42.5 Å². The Balaban J connectivity index is 1.50. The van der Waals surface area contributed by atoms with Gasteiger partial charge in [-0.15, -0.1) is 0 Å². The molecule has 0 unspecified atom stereocenters. The topological polar surface area (TPSA) is 72.2 Å². The van der Waals surface area contributed by atoms with Gasteiger partial charge in [0.05, 0.1) is 18.2 Å². The summed E-state index contributed by atoms with van der Waals surface area (Å²) in [6.45, 7) is 13.0. The number of hydrogen-bond acceptors (Lipinski definition) is 6. The predicted molar refractivity (Wildman–Crippen MR) is 181 cm³/mol. The number of rotatable bonds is 10. The minimum atomic E-state index is -0.871.